The molecule has 0 saturated carbocycles. The summed E-state index contributed by atoms with van der Waals surface area (Å²) in [5.41, 5.74) is 3.51. The van der Waals surface area contributed by atoms with Gasteiger partial charge in [-0.2, -0.15) is 0 Å². The van der Waals surface area contributed by atoms with Gasteiger partial charge in [0.05, 0.1) is 18.6 Å². The Balaban J connectivity index is 1.70. The van der Waals surface area contributed by atoms with Crippen LogP contribution in [0, 0.1) is 17.2 Å². The van der Waals surface area contributed by atoms with Gasteiger partial charge in [0.25, 0.3) is 0 Å². The summed E-state index contributed by atoms with van der Waals surface area (Å²) in [7, 11) is 0. The second-order valence-corrected chi connectivity index (χ2v) is 11.4. The van der Waals surface area contributed by atoms with Gasteiger partial charge >= 0.3 is 17.9 Å². The molecule has 0 aliphatic heterocycles. The number of ether oxygens (including phenoxy) is 3. The minimum absolute atomic E-state index is 0.0591. The van der Waals surface area contributed by atoms with E-state index in [9.17, 15) is 14.4 Å². The first-order valence-electron chi connectivity index (χ1n) is 13.6. The summed E-state index contributed by atoms with van der Waals surface area (Å²) < 4.78 is 31.2. The van der Waals surface area contributed by atoms with Crippen LogP contribution in [0.4, 0.5) is 4.39 Å². The van der Waals surface area contributed by atoms with E-state index in [1.165, 1.54) is 6.07 Å². The average molecular weight is 573 g/mol. The van der Waals surface area contributed by atoms with Gasteiger partial charge in [-0.25, -0.2) is 14.0 Å². The van der Waals surface area contributed by atoms with Crippen LogP contribution < -0.4 is 4.74 Å². The highest BCUT2D eigenvalue weighted by molar-refractivity contribution is 5.87. The quantitative estimate of drug-likeness (QED) is 0.134. The predicted octanol–water partition coefficient (Wildman–Crippen LogP) is 7.51. The molecular formula is C35H37FO6. The number of esters is 3. The Kier molecular flexibility index (Phi) is 10.6. The van der Waals surface area contributed by atoms with Crippen molar-refractivity contribution < 1.29 is 33.0 Å². The molecule has 0 bridgehead atoms. The topological polar surface area (TPSA) is 78.9 Å². The van der Waals surface area contributed by atoms with Crippen molar-refractivity contribution in [3.05, 3.63) is 102 Å². The molecule has 220 valence electrons. The fourth-order valence-electron chi connectivity index (χ4n) is 3.86. The Morgan fingerprint density at radius 1 is 0.762 bits per heavy atom. The van der Waals surface area contributed by atoms with Gasteiger partial charge in [0, 0.05) is 22.6 Å². The van der Waals surface area contributed by atoms with Gasteiger partial charge in [-0.1, -0.05) is 61.7 Å². The number of rotatable bonds is 11. The molecule has 0 aliphatic carbocycles. The first kappa shape index (κ1) is 32.0. The van der Waals surface area contributed by atoms with Crippen molar-refractivity contribution in [2.75, 3.05) is 13.2 Å². The van der Waals surface area contributed by atoms with Gasteiger partial charge in [-0.05, 0) is 81.5 Å². The molecule has 0 heterocycles. The SMILES string of the molecule is C=C(C)C(=O)OCC(COC(=O)C(=C)C)Cc1ccc(-c2ccc(-c3ccc(OC(=O)C(C)(C)C)cc3)c(F)c2)cc1. The largest absolute Gasteiger partial charge is 0.462 e. The zero-order valence-electron chi connectivity index (χ0n) is 24.8. The third-order valence-corrected chi connectivity index (χ3v) is 6.37. The molecule has 42 heavy (non-hydrogen) atoms. The number of carbonyl (C=O) groups is 3. The van der Waals surface area contributed by atoms with Gasteiger partial charge in [0.15, 0.2) is 0 Å². The molecule has 0 radical (unpaired) electrons. The molecule has 0 amide bonds. The molecule has 7 heteroatoms. The van der Waals surface area contributed by atoms with Crippen LogP contribution in [0.15, 0.2) is 91.0 Å². The highest BCUT2D eigenvalue weighted by atomic mass is 19.1. The minimum atomic E-state index is -0.626. The van der Waals surface area contributed by atoms with E-state index in [0.29, 0.717) is 28.9 Å². The summed E-state index contributed by atoms with van der Waals surface area (Å²) in [5, 5.41) is 0. The van der Waals surface area contributed by atoms with Crippen molar-refractivity contribution in [1.29, 1.82) is 0 Å². The first-order chi connectivity index (χ1) is 19.7. The van der Waals surface area contributed by atoms with Crippen LogP contribution in [-0.2, 0) is 30.3 Å². The Labute approximate surface area is 246 Å². The summed E-state index contributed by atoms with van der Waals surface area (Å²) in [6.07, 6.45) is 0.488. The van der Waals surface area contributed by atoms with E-state index in [-0.39, 0.29) is 42.1 Å². The lowest BCUT2D eigenvalue weighted by Gasteiger charge is -2.18. The summed E-state index contributed by atoms with van der Waals surface area (Å²) in [4.78, 5) is 35.9. The van der Waals surface area contributed by atoms with Crippen LogP contribution in [0.3, 0.4) is 0 Å². The molecular weight excluding hydrogens is 535 g/mol. The molecule has 6 nitrogen and oxygen atoms in total. The van der Waals surface area contributed by atoms with Crippen LogP contribution in [0.5, 0.6) is 5.75 Å². The lowest BCUT2D eigenvalue weighted by Crippen LogP contribution is -2.25. The number of hydrogen-bond donors (Lipinski definition) is 0. The second kappa shape index (κ2) is 13.9. The van der Waals surface area contributed by atoms with E-state index < -0.39 is 17.4 Å². The zero-order valence-corrected chi connectivity index (χ0v) is 24.8. The van der Waals surface area contributed by atoms with E-state index in [4.69, 9.17) is 14.2 Å². The molecule has 0 atom stereocenters. The number of halogens is 1. The van der Waals surface area contributed by atoms with Crippen LogP contribution in [-0.4, -0.2) is 31.1 Å². The minimum Gasteiger partial charge on any atom is -0.462 e. The third kappa shape index (κ3) is 8.99. The molecule has 3 rings (SSSR count). The molecule has 3 aromatic rings. The maximum absolute atomic E-state index is 15.2. The summed E-state index contributed by atoms with van der Waals surface area (Å²) in [6.45, 7) is 15.8. The first-order valence-corrected chi connectivity index (χ1v) is 13.6. The van der Waals surface area contributed by atoms with Gasteiger partial charge in [0.1, 0.15) is 11.6 Å². The normalized spacial score (nSPS) is 11.1. The average Bonchev–Trinajstić information content (AvgIpc) is 2.94. The fraction of sp³-hybridized carbons (Fsp3) is 0.286. The molecule has 0 aromatic heterocycles. The standard InChI is InChI=1S/C35H37FO6/c1-22(2)32(37)40-20-25(21-41-33(38)23(3)4)18-24-8-10-26(11-9-24)28-14-17-30(31(36)19-28)27-12-15-29(16-13-27)42-34(39)35(5,6)7/h8-17,19,25H,1,3,18,20-21H2,2,4-7H3. The van der Waals surface area contributed by atoms with Crippen molar-refractivity contribution in [1.82, 2.24) is 0 Å². The van der Waals surface area contributed by atoms with Gasteiger partial charge in [0.2, 0.25) is 0 Å². The maximum atomic E-state index is 15.2. The van der Waals surface area contributed by atoms with Gasteiger partial charge in [-0.3, -0.25) is 4.79 Å². The molecule has 0 spiro atoms. The summed E-state index contributed by atoms with van der Waals surface area (Å²) in [6, 6.07) is 19.4. The molecule has 0 saturated heterocycles. The Hall–Kier alpha value is -4.52. The van der Waals surface area contributed by atoms with Crippen molar-refractivity contribution >= 4 is 17.9 Å². The number of hydrogen-bond acceptors (Lipinski definition) is 6. The fourth-order valence-corrected chi connectivity index (χ4v) is 3.86. The van der Waals surface area contributed by atoms with Gasteiger partial charge < -0.3 is 14.2 Å². The number of benzene rings is 3. The highest BCUT2D eigenvalue weighted by Crippen LogP contribution is 2.30. The highest BCUT2D eigenvalue weighted by Gasteiger charge is 2.23. The summed E-state index contributed by atoms with van der Waals surface area (Å²) in [5.74, 6) is -1.61. The van der Waals surface area contributed by atoms with Crippen LogP contribution in [0.25, 0.3) is 22.3 Å². The monoisotopic (exact) mass is 572 g/mol. The molecule has 0 aliphatic rings. The van der Waals surface area contributed by atoms with Crippen molar-refractivity contribution in [3.63, 3.8) is 0 Å². The van der Waals surface area contributed by atoms with Crippen LogP contribution in [0.2, 0.25) is 0 Å². The molecule has 0 N–H and O–H groups in total. The van der Waals surface area contributed by atoms with Gasteiger partial charge in [-0.15, -0.1) is 0 Å². The smallest absolute Gasteiger partial charge is 0.333 e. The van der Waals surface area contributed by atoms with E-state index >= 15 is 4.39 Å². The molecule has 0 unspecified atom stereocenters. The van der Waals surface area contributed by atoms with Crippen molar-refractivity contribution in [2.45, 2.75) is 41.0 Å². The second-order valence-electron chi connectivity index (χ2n) is 11.4. The van der Waals surface area contributed by atoms with Crippen LogP contribution in [0.1, 0.15) is 40.2 Å². The van der Waals surface area contributed by atoms with Crippen LogP contribution >= 0.6 is 0 Å². The maximum Gasteiger partial charge on any atom is 0.333 e. The van der Waals surface area contributed by atoms with E-state index in [1.807, 2.05) is 30.3 Å². The lowest BCUT2D eigenvalue weighted by atomic mass is 9.96. The Morgan fingerprint density at radius 3 is 1.74 bits per heavy atom. The van der Waals surface area contributed by atoms with Crippen molar-refractivity contribution in [2.24, 2.45) is 11.3 Å². The molecule has 3 aromatic carbocycles. The predicted molar refractivity (Wildman–Crippen MR) is 161 cm³/mol. The Morgan fingerprint density at radius 2 is 1.26 bits per heavy atom. The number of carbonyl (C=O) groups excluding carboxylic acids is 3. The van der Waals surface area contributed by atoms with Crippen molar-refractivity contribution in [3.8, 4) is 28.0 Å². The summed E-state index contributed by atoms with van der Waals surface area (Å²) >= 11 is 0. The Bertz CT molecular complexity index is 1430. The lowest BCUT2D eigenvalue weighted by molar-refractivity contribution is -0.144. The zero-order chi connectivity index (χ0) is 31.0. The van der Waals surface area contributed by atoms with E-state index in [1.54, 1.807) is 65.0 Å². The molecule has 0 fully saturated rings. The van der Waals surface area contributed by atoms with E-state index in [2.05, 4.69) is 13.2 Å². The van der Waals surface area contributed by atoms with E-state index in [0.717, 1.165) is 11.1 Å². The third-order valence-electron chi connectivity index (χ3n) is 6.37.